The summed E-state index contributed by atoms with van der Waals surface area (Å²) in [6.07, 6.45) is 7.57. The number of hydrogen-bond acceptors (Lipinski definition) is 2. The van der Waals surface area contributed by atoms with Crippen molar-refractivity contribution in [3.8, 4) is 0 Å². The van der Waals surface area contributed by atoms with E-state index in [-0.39, 0.29) is 6.04 Å². The summed E-state index contributed by atoms with van der Waals surface area (Å²) in [7, 11) is 0. The van der Waals surface area contributed by atoms with E-state index in [1.807, 2.05) is 71.0 Å². The molecule has 1 unspecified atom stereocenters. The van der Waals surface area contributed by atoms with Gasteiger partial charge >= 0.3 is 0 Å². The first-order valence-corrected chi connectivity index (χ1v) is 19.4. The largest absolute Gasteiger partial charge is 0.385 e. The van der Waals surface area contributed by atoms with Crippen molar-refractivity contribution < 1.29 is 0 Å². The first kappa shape index (κ1) is 49.6. The van der Waals surface area contributed by atoms with Crippen LogP contribution >= 0.6 is 0 Å². The molecule has 4 rings (SSSR count). The quantitative estimate of drug-likeness (QED) is 0.121. The Balaban J connectivity index is 0. The second kappa shape index (κ2) is 34.9. The predicted octanol–water partition coefficient (Wildman–Crippen LogP) is 14.1. The molecule has 0 aliphatic carbocycles. The van der Waals surface area contributed by atoms with Crippen LogP contribution in [0.5, 0.6) is 0 Å². The van der Waals surface area contributed by atoms with Gasteiger partial charge in [0.1, 0.15) is 0 Å². The van der Waals surface area contributed by atoms with Crippen LogP contribution in [0.1, 0.15) is 103 Å². The molecule has 0 heterocycles. The van der Waals surface area contributed by atoms with Gasteiger partial charge < -0.3 is 10.6 Å². The van der Waals surface area contributed by atoms with E-state index in [9.17, 15) is 0 Å². The Morgan fingerprint density at radius 3 is 1.23 bits per heavy atom. The van der Waals surface area contributed by atoms with Crippen molar-refractivity contribution >= 4 is 0 Å². The van der Waals surface area contributed by atoms with E-state index in [1.54, 1.807) is 0 Å². The molecule has 4 aromatic rings. The van der Waals surface area contributed by atoms with Crippen molar-refractivity contribution in [3.05, 3.63) is 192 Å². The molecular formula is C50H74N2. The molecule has 284 valence electrons. The van der Waals surface area contributed by atoms with Crippen LogP contribution in [0.4, 0.5) is 0 Å². The van der Waals surface area contributed by atoms with Crippen LogP contribution in [0, 0.1) is 6.92 Å². The van der Waals surface area contributed by atoms with Gasteiger partial charge in [0.05, 0.1) is 6.04 Å². The second-order valence-electron chi connectivity index (χ2n) is 12.4. The lowest BCUT2D eigenvalue weighted by atomic mass is 10.00. The highest BCUT2D eigenvalue weighted by Crippen LogP contribution is 2.13. The van der Waals surface area contributed by atoms with Gasteiger partial charge in [-0.3, -0.25) is 0 Å². The minimum absolute atomic E-state index is 0.241. The highest BCUT2D eigenvalue weighted by Gasteiger charge is 2.11. The van der Waals surface area contributed by atoms with Crippen molar-refractivity contribution in [1.82, 2.24) is 10.6 Å². The molecule has 0 saturated heterocycles. The van der Waals surface area contributed by atoms with Gasteiger partial charge in [0, 0.05) is 17.9 Å². The molecule has 52 heavy (non-hydrogen) atoms. The molecule has 2 N–H and O–H groups in total. The number of unbranched alkanes of at least 4 members (excludes halogenated alkanes) is 1. The van der Waals surface area contributed by atoms with E-state index in [0.29, 0.717) is 0 Å². The highest BCUT2D eigenvalue weighted by molar-refractivity contribution is 5.21. The van der Waals surface area contributed by atoms with Crippen LogP contribution in [0.15, 0.2) is 170 Å². The van der Waals surface area contributed by atoms with Gasteiger partial charge in [-0.15, -0.1) is 0 Å². The summed E-state index contributed by atoms with van der Waals surface area (Å²) < 4.78 is 0. The summed E-state index contributed by atoms with van der Waals surface area (Å²) in [5.74, 6) is 0. The Bertz CT molecular complexity index is 1400. The molecule has 0 radical (unpaired) electrons. The van der Waals surface area contributed by atoms with E-state index in [1.165, 1.54) is 35.1 Å². The van der Waals surface area contributed by atoms with Gasteiger partial charge in [-0.2, -0.15) is 0 Å². The molecule has 0 amide bonds. The third-order valence-corrected chi connectivity index (χ3v) is 7.45. The third-order valence-electron chi connectivity index (χ3n) is 7.45. The maximum Gasteiger partial charge on any atom is 0.0505 e. The van der Waals surface area contributed by atoms with E-state index in [2.05, 4.69) is 150 Å². The normalized spacial score (nSPS) is 9.71. The number of allylic oxidation sites excluding steroid dienone is 2. The maximum absolute atomic E-state index is 4.18. The molecule has 2 nitrogen and oxygen atoms in total. The lowest BCUT2D eigenvalue weighted by Crippen LogP contribution is -2.31. The van der Waals surface area contributed by atoms with Crippen molar-refractivity contribution in [2.45, 2.75) is 113 Å². The average molecular weight is 703 g/mol. The summed E-state index contributed by atoms with van der Waals surface area (Å²) in [5.41, 5.74) is 9.78. The summed E-state index contributed by atoms with van der Waals surface area (Å²) in [4.78, 5) is 0. The lowest BCUT2D eigenvalue weighted by Gasteiger charge is -2.22. The minimum Gasteiger partial charge on any atom is -0.385 e. The summed E-state index contributed by atoms with van der Waals surface area (Å²) in [5, 5.41) is 6.80. The first-order valence-electron chi connectivity index (χ1n) is 19.4. The van der Waals surface area contributed by atoms with E-state index >= 15 is 0 Å². The fraction of sp³-hybridized carbons (Fsp3) is 0.360. The van der Waals surface area contributed by atoms with Gasteiger partial charge in [-0.25, -0.2) is 0 Å². The van der Waals surface area contributed by atoms with Crippen molar-refractivity contribution in [1.29, 1.82) is 0 Å². The maximum atomic E-state index is 4.18. The zero-order valence-corrected chi connectivity index (χ0v) is 34.6. The van der Waals surface area contributed by atoms with Crippen molar-refractivity contribution in [3.63, 3.8) is 0 Å². The van der Waals surface area contributed by atoms with Crippen molar-refractivity contribution in [2.75, 3.05) is 6.54 Å². The number of rotatable bonds is 15. The fourth-order valence-corrected chi connectivity index (χ4v) is 4.30. The minimum atomic E-state index is 0.241. The van der Waals surface area contributed by atoms with Crippen LogP contribution in [-0.4, -0.2) is 12.6 Å². The van der Waals surface area contributed by atoms with E-state index in [0.717, 1.165) is 61.2 Å². The van der Waals surface area contributed by atoms with Crippen LogP contribution in [-0.2, 0) is 19.3 Å². The number of hydrogen-bond donors (Lipinski definition) is 2. The van der Waals surface area contributed by atoms with Gasteiger partial charge in [0.15, 0.2) is 0 Å². The highest BCUT2D eigenvalue weighted by atomic mass is 14.9. The number of benzene rings is 4. The van der Waals surface area contributed by atoms with Gasteiger partial charge in [0.25, 0.3) is 0 Å². The van der Waals surface area contributed by atoms with E-state index < -0.39 is 0 Å². The van der Waals surface area contributed by atoms with E-state index in [4.69, 9.17) is 0 Å². The molecule has 0 saturated carbocycles. The van der Waals surface area contributed by atoms with Crippen LogP contribution < -0.4 is 10.6 Å². The SMILES string of the molecule is C=C(C)CNC(=C)CCc1ccccc1.C=C(CCc1ccccc1)NC(Cc1ccccc1)C(=C)C.CC.CC.CCCC.Cc1ccccc1. The Hall–Kier alpha value is -4.56. The van der Waals surface area contributed by atoms with Crippen LogP contribution in [0.25, 0.3) is 0 Å². The molecule has 0 bridgehead atoms. The molecule has 0 spiro atoms. The summed E-state index contributed by atoms with van der Waals surface area (Å²) in [6, 6.07) is 42.0. The zero-order chi connectivity index (χ0) is 39.4. The summed E-state index contributed by atoms with van der Waals surface area (Å²) >= 11 is 0. The second-order valence-corrected chi connectivity index (χ2v) is 12.4. The third kappa shape index (κ3) is 29.2. The molecule has 4 aromatic carbocycles. The molecular weight excluding hydrogens is 629 g/mol. The molecule has 0 fully saturated rings. The first-order chi connectivity index (χ1) is 25.1. The number of nitrogens with one attached hydrogen (secondary N) is 2. The molecule has 0 aliphatic heterocycles. The number of aryl methyl sites for hydroxylation is 3. The fourth-order valence-electron chi connectivity index (χ4n) is 4.30. The van der Waals surface area contributed by atoms with Gasteiger partial charge in [-0.1, -0.05) is 219 Å². The average Bonchev–Trinajstić information content (AvgIpc) is 3.19. The topological polar surface area (TPSA) is 24.1 Å². The smallest absolute Gasteiger partial charge is 0.0505 e. The Morgan fingerprint density at radius 1 is 0.538 bits per heavy atom. The molecule has 0 aromatic heterocycles. The monoisotopic (exact) mass is 703 g/mol. The van der Waals surface area contributed by atoms with Crippen LogP contribution in [0.2, 0.25) is 0 Å². The molecule has 2 heteroatoms. The van der Waals surface area contributed by atoms with Gasteiger partial charge in [-0.05, 0) is 69.6 Å². The summed E-state index contributed by atoms with van der Waals surface area (Å²) in [6.45, 7) is 35.5. The zero-order valence-electron chi connectivity index (χ0n) is 34.6. The Kier molecular flexibility index (Phi) is 33.2. The Labute approximate surface area is 321 Å². The molecule has 0 aliphatic rings. The van der Waals surface area contributed by atoms with Crippen molar-refractivity contribution in [2.24, 2.45) is 0 Å². The molecule has 1 atom stereocenters. The standard InChI is InChI=1S/C21H25N.C14H19N.C7H8.C4H10.2C2H6/c1-17(2)21(16-20-12-8-5-9-13-20)22-18(3)14-15-19-10-6-4-7-11-19;1-12(2)11-15-13(3)9-10-14-7-5-4-6-8-14;1-7-5-3-2-4-6-7;1-3-4-2;2*1-2/h4-13,21-22H,1,3,14-16H2,2H3;4-8,15H,1,3,9-11H2,2H3;2-6H,1H3;3-4H2,1-2H3;2*1-2H3. The van der Waals surface area contributed by atoms with Crippen LogP contribution in [0.3, 0.4) is 0 Å². The van der Waals surface area contributed by atoms with Gasteiger partial charge in [0.2, 0.25) is 0 Å². The Morgan fingerprint density at radius 2 is 0.904 bits per heavy atom. The predicted molar refractivity (Wildman–Crippen MR) is 237 cm³/mol. The lowest BCUT2D eigenvalue weighted by molar-refractivity contribution is 0.615.